The van der Waals surface area contributed by atoms with E-state index in [1.165, 1.54) is 0 Å². The molecule has 2 aromatic rings. The summed E-state index contributed by atoms with van der Waals surface area (Å²) in [6.45, 7) is 26.1. The molecule has 0 heterocycles. The molecule has 0 aliphatic carbocycles. The van der Waals surface area contributed by atoms with E-state index in [4.69, 9.17) is 46.5 Å². The maximum absolute atomic E-state index is 15.4. The Morgan fingerprint density at radius 2 is 0.969 bits per heavy atom. The first-order valence-electron chi connectivity index (χ1n) is 22.8. The molecular weight excluding hydrogens is 872 g/mol. The molecule has 65 heavy (non-hydrogen) atoms. The van der Waals surface area contributed by atoms with Crippen LogP contribution in [0.15, 0.2) is 48.5 Å². The molecule has 376 valence electrons. The number of para-hydroxylation sites is 2. The third-order valence-corrected chi connectivity index (χ3v) is 13.7. The molecule has 0 saturated carbocycles. The lowest BCUT2D eigenvalue weighted by molar-refractivity contribution is -0.00962. The van der Waals surface area contributed by atoms with Crippen LogP contribution in [-0.2, 0) is 59.3 Å². The molecule has 2 aromatic carbocycles. The van der Waals surface area contributed by atoms with Crippen LogP contribution in [0, 0.1) is 0 Å². The van der Waals surface area contributed by atoms with E-state index in [0.29, 0.717) is 64.0 Å². The van der Waals surface area contributed by atoms with Gasteiger partial charge in [0.15, 0.2) is 13.6 Å². The van der Waals surface area contributed by atoms with Crippen molar-refractivity contribution in [1.29, 1.82) is 0 Å². The highest BCUT2D eigenvalue weighted by Gasteiger charge is 2.41. The molecule has 1 atom stereocenters. The monoisotopic (exact) mass is 960 g/mol. The number of unbranched alkanes of at least 4 members (excludes halogenated alkanes) is 1. The van der Waals surface area contributed by atoms with E-state index in [1.807, 2.05) is 132 Å². The summed E-state index contributed by atoms with van der Waals surface area (Å²) < 4.78 is 90.5. The minimum Gasteiger partial charge on any atom is -0.467 e. The molecule has 0 radical (unpaired) electrons. The van der Waals surface area contributed by atoms with Crippen LogP contribution < -0.4 is 9.47 Å². The fraction of sp³-hybridized carbons (Fsp3) is 0.750. The van der Waals surface area contributed by atoms with Gasteiger partial charge in [0.1, 0.15) is 24.1 Å². The second kappa shape index (κ2) is 27.9. The SMILES string of the molecule is COCCOCOc1ccccc1CN(CC(CCCCN(C)C)N(Cc1ccccc1OCOCCOC)CP(=O)(OC(C)(C)C)OC(C)(C)C)CP(=O)(OC(C)(C)C)OC(C)(C)C. The molecule has 17 heteroatoms. The zero-order chi connectivity index (χ0) is 49.0. The summed E-state index contributed by atoms with van der Waals surface area (Å²) in [6.07, 6.45) is 2.36. The summed E-state index contributed by atoms with van der Waals surface area (Å²) in [7, 11) is -0.352. The van der Waals surface area contributed by atoms with Gasteiger partial charge in [-0.15, -0.1) is 0 Å². The summed E-state index contributed by atoms with van der Waals surface area (Å²) in [4.78, 5) is 6.47. The van der Waals surface area contributed by atoms with Crippen LogP contribution in [0.25, 0.3) is 0 Å². The van der Waals surface area contributed by atoms with Crippen LogP contribution in [0.3, 0.4) is 0 Å². The van der Waals surface area contributed by atoms with Gasteiger partial charge >= 0.3 is 15.2 Å². The highest BCUT2D eigenvalue weighted by atomic mass is 31.2. The highest BCUT2D eigenvalue weighted by molar-refractivity contribution is 7.54. The number of hydrogen-bond acceptors (Lipinski definition) is 15. The Morgan fingerprint density at radius 3 is 1.38 bits per heavy atom. The average molecular weight is 960 g/mol. The predicted molar refractivity (Wildman–Crippen MR) is 260 cm³/mol. The summed E-state index contributed by atoms with van der Waals surface area (Å²) in [5.41, 5.74) is -1.46. The second-order valence-corrected chi connectivity index (χ2v) is 24.3. The Hall–Kier alpha value is -1.94. The predicted octanol–water partition coefficient (Wildman–Crippen LogP) is 10.7. The van der Waals surface area contributed by atoms with Crippen LogP contribution in [-0.4, -0.2) is 137 Å². The van der Waals surface area contributed by atoms with E-state index >= 15 is 9.13 Å². The van der Waals surface area contributed by atoms with Crippen molar-refractivity contribution in [3.05, 3.63) is 59.7 Å². The topological polar surface area (TPSA) is 136 Å². The zero-order valence-corrected chi connectivity index (χ0v) is 44.7. The van der Waals surface area contributed by atoms with E-state index in [1.54, 1.807) is 14.2 Å². The molecule has 0 N–H and O–H groups in total. The van der Waals surface area contributed by atoms with Crippen molar-refractivity contribution in [3.8, 4) is 11.5 Å². The molecule has 0 aromatic heterocycles. The van der Waals surface area contributed by atoms with E-state index in [9.17, 15) is 0 Å². The van der Waals surface area contributed by atoms with Crippen LogP contribution in [0.4, 0.5) is 0 Å². The Balaban J connectivity index is 2.89. The van der Waals surface area contributed by atoms with E-state index in [0.717, 1.165) is 30.5 Å². The van der Waals surface area contributed by atoms with Gasteiger partial charge in [-0.1, -0.05) is 42.8 Å². The molecule has 0 spiro atoms. The van der Waals surface area contributed by atoms with E-state index < -0.39 is 37.6 Å². The molecular formula is C48H87N3O12P2. The third-order valence-electron chi connectivity index (χ3n) is 8.93. The van der Waals surface area contributed by atoms with Crippen LogP contribution in [0.2, 0.25) is 0 Å². The number of hydrogen-bond donors (Lipinski definition) is 0. The molecule has 15 nitrogen and oxygen atoms in total. The molecule has 2 rings (SSSR count). The molecule has 0 amide bonds. The van der Waals surface area contributed by atoms with Crippen LogP contribution in [0.5, 0.6) is 11.5 Å². The summed E-state index contributed by atoms with van der Waals surface area (Å²) in [6, 6.07) is 15.2. The molecule has 0 bridgehead atoms. The maximum atomic E-state index is 15.4. The van der Waals surface area contributed by atoms with Gasteiger partial charge < -0.3 is 51.4 Å². The van der Waals surface area contributed by atoms with E-state index in [-0.39, 0.29) is 32.2 Å². The van der Waals surface area contributed by atoms with Gasteiger partial charge in [0.25, 0.3) is 0 Å². The normalized spacial score (nSPS) is 13.9. The molecule has 0 aliphatic rings. The number of nitrogens with zero attached hydrogens (tertiary/aromatic N) is 3. The average Bonchev–Trinajstić information content (AvgIpc) is 3.13. The molecule has 1 unspecified atom stereocenters. The fourth-order valence-electron chi connectivity index (χ4n) is 6.87. The van der Waals surface area contributed by atoms with E-state index in [2.05, 4.69) is 28.8 Å². The van der Waals surface area contributed by atoms with Gasteiger partial charge in [-0.05, 0) is 129 Å². The lowest BCUT2D eigenvalue weighted by Gasteiger charge is -2.41. The quantitative estimate of drug-likeness (QED) is 0.0390. The van der Waals surface area contributed by atoms with Crippen molar-refractivity contribution in [2.24, 2.45) is 0 Å². The first-order valence-corrected chi connectivity index (χ1v) is 26.3. The Morgan fingerprint density at radius 1 is 0.554 bits per heavy atom. The van der Waals surface area contributed by atoms with Gasteiger partial charge in [0, 0.05) is 51.0 Å². The summed E-state index contributed by atoms with van der Waals surface area (Å²) >= 11 is 0. The first kappa shape index (κ1) is 59.2. The number of methoxy groups -OCH3 is 2. The number of rotatable bonds is 32. The standard InChI is InChI=1S/C48H87N3O12P2/c1-45(2,3)60-64(52,61-46(4,5)6)36-50(33-40-23-17-19-26-43(40)58-38-56-31-29-54-15)35-42(25-21-22-28-49(13)14)51(37-65(53,62-47(7,8)9)63-48(10,11)12)34-41-24-18-20-27-44(41)59-39-57-32-30-55-16/h17-20,23-24,26-27,42H,21-22,25,28-39H2,1-16H3. The minimum absolute atomic E-state index is 0.0244. The second-order valence-electron chi connectivity index (χ2n) is 20.6. The Labute approximate surface area is 393 Å². The zero-order valence-electron chi connectivity index (χ0n) is 42.9. The van der Waals surface area contributed by atoms with Crippen LogP contribution in [0.1, 0.15) is 113 Å². The van der Waals surface area contributed by atoms with Gasteiger partial charge in [0.05, 0.1) is 48.8 Å². The lowest BCUT2D eigenvalue weighted by Crippen LogP contribution is -2.45. The molecule has 0 fully saturated rings. The van der Waals surface area contributed by atoms with Gasteiger partial charge in [-0.3, -0.25) is 18.9 Å². The third kappa shape index (κ3) is 27.0. The van der Waals surface area contributed by atoms with Gasteiger partial charge in [-0.2, -0.15) is 0 Å². The van der Waals surface area contributed by atoms with Crippen LogP contribution >= 0.6 is 15.2 Å². The van der Waals surface area contributed by atoms with Crippen molar-refractivity contribution in [2.75, 3.05) is 94.0 Å². The maximum Gasteiger partial charge on any atom is 0.345 e. The van der Waals surface area contributed by atoms with Gasteiger partial charge in [0.2, 0.25) is 0 Å². The van der Waals surface area contributed by atoms with Crippen molar-refractivity contribution in [2.45, 2.75) is 144 Å². The van der Waals surface area contributed by atoms with Crippen molar-refractivity contribution < 1.29 is 55.6 Å². The molecule has 0 saturated heterocycles. The highest BCUT2D eigenvalue weighted by Crippen LogP contribution is 2.57. The Bertz CT molecular complexity index is 1680. The smallest absolute Gasteiger partial charge is 0.345 e. The van der Waals surface area contributed by atoms with Crippen molar-refractivity contribution >= 4 is 15.2 Å². The minimum atomic E-state index is -3.88. The van der Waals surface area contributed by atoms with Crippen molar-refractivity contribution in [3.63, 3.8) is 0 Å². The lowest BCUT2D eigenvalue weighted by atomic mass is 10.1. The van der Waals surface area contributed by atoms with Crippen molar-refractivity contribution in [1.82, 2.24) is 14.7 Å². The number of ether oxygens (including phenoxy) is 6. The summed E-state index contributed by atoms with van der Waals surface area (Å²) in [5.74, 6) is 1.25. The summed E-state index contributed by atoms with van der Waals surface area (Å²) in [5, 5.41) is 0. The Kier molecular flexibility index (Phi) is 25.4. The molecule has 0 aliphatic heterocycles. The fourth-order valence-corrected chi connectivity index (χ4v) is 12.0. The first-order chi connectivity index (χ1) is 30.1. The van der Waals surface area contributed by atoms with Gasteiger partial charge in [-0.25, -0.2) is 0 Å². The largest absolute Gasteiger partial charge is 0.467 e. The number of benzene rings is 2.